The van der Waals surface area contributed by atoms with Crippen LogP contribution >= 0.6 is 0 Å². The number of amides is 1. The van der Waals surface area contributed by atoms with Gasteiger partial charge in [0.05, 0.1) is 36.1 Å². The number of carbonyl (C=O) groups is 1. The number of allylic oxidation sites excluding steroid dienone is 3. The molecule has 9 atom stereocenters. The second kappa shape index (κ2) is 15.2. The van der Waals surface area contributed by atoms with Crippen molar-refractivity contribution in [2.45, 2.75) is 136 Å². The molecule has 39 heavy (non-hydrogen) atoms. The minimum atomic E-state index is -1.71. The lowest BCUT2D eigenvalue weighted by Crippen LogP contribution is -2.46. The molecule has 0 bridgehead atoms. The van der Waals surface area contributed by atoms with Gasteiger partial charge in [-0.3, -0.25) is 0 Å². The summed E-state index contributed by atoms with van der Waals surface area (Å²) < 4.78 is 25.3. The van der Waals surface area contributed by atoms with E-state index in [-0.39, 0.29) is 42.0 Å². The van der Waals surface area contributed by atoms with Crippen molar-refractivity contribution in [1.82, 2.24) is 5.32 Å². The van der Waals surface area contributed by atoms with E-state index < -0.39 is 14.4 Å². The molecule has 0 aromatic heterocycles. The zero-order chi connectivity index (χ0) is 29.4. The summed E-state index contributed by atoms with van der Waals surface area (Å²) in [6.45, 7) is 20.3. The number of rotatable bonds is 16. The molecular weight excluding hydrogens is 510 g/mol. The first-order valence-electron chi connectivity index (χ1n) is 15.2. The summed E-state index contributed by atoms with van der Waals surface area (Å²) in [5.74, 6) is 1.02. The fourth-order valence-corrected chi connectivity index (χ4v) is 9.59. The maximum Gasteiger partial charge on any atom is 0.404 e. The molecule has 2 fully saturated rings. The fourth-order valence-electron chi connectivity index (χ4n) is 6.67. The number of epoxide rings is 1. The zero-order valence-corrected chi connectivity index (χ0v) is 27.3. The highest BCUT2D eigenvalue weighted by atomic mass is 28.4. The van der Waals surface area contributed by atoms with Crippen LogP contribution in [0, 0.1) is 17.8 Å². The topological polar surface area (TPSA) is 89.5 Å². The van der Waals surface area contributed by atoms with Gasteiger partial charge in [0.15, 0.2) is 8.32 Å². The molecule has 2 aliphatic rings. The highest BCUT2D eigenvalue weighted by molar-refractivity contribution is 6.73. The van der Waals surface area contributed by atoms with Gasteiger partial charge in [0.1, 0.15) is 0 Å². The molecule has 0 aromatic rings. The van der Waals surface area contributed by atoms with Crippen LogP contribution in [0.5, 0.6) is 0 Å². The third-order valence-corrected chi connectivity index (χ3v) is 14.0. The summed E-state index contributed by atoms with van der Waals surface area (Å²) in [6, 6.07) is 3.41. The normalized spacial score (nSPS) is 31.1. The molecule has 7 nitrogen and oxygen atoms in total. The lowest BCUT2D eigenvalue weighted by Gasteiger charge is -2.36. The molecule has 4 unspecified atom stereocenters. The highest BCUT2D eigenvalue weighted by Crippen LogP contribution is 2.47. The fraction of sp³-hybridized carbons (Fsp3) is 0.839. The van der Waals surface area contributed by atoms with E-state index in [9.17, 15) is 4.79 Å². The van der Waals surface area contributed by atoms with Gasteiger partial charge < -0.3 is 29.1 Å². The summed E-state index contributed by atoms with van der Waals surface area (Å²) in [5, 5.41) is 11.4. The van der Waals surface area contributed by atoms with Crippen LogP contribution in [0.3, 0.4) is 0 Å². The molecule has 0 spiro atoms. The largest absolute Gasteiger partial charge is 0.465 e. The van der Waals surface area contributed by atoms with Crippen molar-refractivity contribution in [3.63, 3.8) is 0 Å². The van der Waals surface area contributed by atoms with E-state index >= 15 is 0 Å². The van der Waals surface area contributed by atoms with E-state index in [0.717, 1.165) is 37.4 Å². The Balaban J connectivity index is 1.92. The summed E-state index contributed by atoms with van der Waals surface area (Å²) >= 11 is 0. The number of carboxylic acid groups (broad SMARTS) is 1. The Morgan fingerprint density at radius 3 is 2.38 bits per heavy atom. The number of nitrogens with one attached hydrogen (secondary N) is 1. The van der Waals surface area contributed by atoms with Crippen LogP contribution in [0.25, 0.3) is 0 Å². The molecule has 2 saturated heterocycles. The third kappa shape index (κ3) is 9.42. The van der Waals surface area contributed by atoms with Gasteiger partial charge in [-0.05, 0) is 75.6 Å². The highest BCUT2D eigenvalue weighted by Gasteiger charge is 2.57. The molecule has 2 N–H and O–H groups in total. The van der Waals surface area contributed by atoms with Crippen LogP contribution in [0.2, 0.25) is 18.1 Å². The number of hydrogen-bond donors (Lipinski definition) is 2. The maximum absolute atomic E-state index is 10.8. The minimum absolute atomic E-state index is 0.0109. The first-order valence-corrected chi connectivity index (χ1v) is 17.7. The SMILES string of the molecule is CC[Si](CC)(CC)OC(C)C(OC)C(C)[C@H]1O[C@]1(C)CC(C)/C=C/C=C(\C)[C@H]1O[C@@H](CNC(=O)O)CC[C@@H]1C. The Kier molecular flexibility index (Phi) is 13.2. The lowest BCUT2D eigenvalue weighted by atomic mass is 9.85. The van der Waals surface area contributed by atoms with Crippen molar-refractivity contribution >= 4 is 14.4 Å². The first-order chi connectivity index (χ1) is 18.3. The second-order valence-corrected chi connectivity index (χ2v) is 17.1. The molecule has 2 rings (SSSR count). The predicted octanol–water partition coefficient (Wildman–Crippen LogP) is 7.19. The molecule has 226 valence electrons. The van der Waals surface area contributed by atoms with E-state index in [1.807, 2.05) is 0 Å². The van der Waals surface area contributed by atoms with Crippen LogP contribution in [0.15, 0.2) is 23.8 Å². The number of ether oxygens (including phenoxy) is 3. The van der Waals surface area contributed by atoms with E-state index in [1.165, 1.54) is 5.57 Å². The van der Waals surface area contributed by atoms with Crippen LogP contribution < -0.4 is 5.32 Å². The zero-order valence-electron chi connectivity index (χ0n) is 26.3. The predicted molar refractivity (Wildman–Crippen MR) is 161 cm³/mol. The van der Waals surface area contributed by atoms with Crippen molar-refractivity contribution < 1.29 is 28.5 Å². The molecule has 2 aliphatic heterocycles. The van der Waals surface area contributed by atoms with Gasteiger partial charge in [-0.15, -0.1) is 0 Å². The van der Waals surface area contributed by atoms with Crippen LogP contribution in [-0.4, -0.2) is 69.3 Å². The molecular formula is C31H57NO6Si. The van der Waals surface area contributed by atoms with Gasteiger partial charge in [0, 0.05) is 19.6 Å². The van der Waals surface area contributed by atoms with Crippen LogP contribution in [-0.2, 0) is 18.6 Å². The minimum Gasteiger partial charge on any atom is -0.465 e. The summed E-state index contributed by atoms with van der Waals surface area (Å²) in [4.78, 5) is 10.8. The number of hydrogen-bond acceptors (Lipinski definition) is 5. The first kappa shape index (κ1) is 34.0. The maximum atomic E-state index is 10.8. The average molecular weight is 568 g/mol. The van der Waals surface area contributed by atoms with E-state index in [2.05, 4.69) is 85.9 Å². The molecule has 1 amide bonds. The summed E-state index contributed by atoms with van der Waals surface area (Å²) in [5.41, 5.74) is 1.02. The Labute approximate surface area is 239 Å². The van der Waals surface area contributed by atoms with Gasteiger partial charge in [0.25, 0.3) is 0 Å². The summed E-state index contributed by atoms with van der Waals surface area (Å²) in [7, 11) is 0.0943. The van der Waals surface area contributed by atoms with Gasteiger partial charge >= 0.3 is 6.09 Å². The quantitative estimate of drug-likeness (QED) is 0.117. The molecule has 0 aromatic carbocycles. The average Bonchev–Trinajstić information content (AvgIpc) is 3.57. The monoisotopic (exact) mass is 567 g/mol. The van der Waals surface area contributed by atoms with E-state index in [1.54, 1.807) is 7.11 Å². The smallest absolute Gasteiger partial charge is 0.404 e. The van der Waals surface area contributed by atoms with Crippen molar-refractivity contribution in [2.24, 2.45) is 17.8 Å². The Morgan fingerprint density at radius 2 is 1.82 bits per heavy atom. The Bertz CT molecular complexity index is 822. The Morgan fingerprint density at radius 1 is 1.18 bits per heavy atom. The van der Waals surface area contributed by atoms with Crippen molar-refractivity contribution in [3.8, 4) is 0 Å². The molecule has 0 radical (unpaired) electrons. The third-order valence-electron chi connectivity index (χ3n) is 9.30. The van der Waals surface area contributed by atoms with E-state index in [4.69, 9.17) is 23.7 Å². The second-order valence-electron chi connectivity index (χ2n) is 12.4. The van der Waals surface area contributed by atoms with Crippen molar-refractivity contribution in [3.05, 3.63) is 23.8 Å². The molecule has 2 heterocycles. The molecule has 8 heteroatoms. The van der Waals surface area contributed by atoms with Crippen molar-refractivity contribution in [1.29, 1.82) is 0 Å². The van der Waals surface area contributed by atoms with Crippen molar-refractivity contribution in [2.75, 3.05) is 13.7 Å². The standard InChI is InChI=1S/C31H57NO6Si/c1-11-39(12-2,13-3)38-25(8)28(35-10)24(7)29-31(9,37-29)19-21(4)15-14-16-22(5)27-23(6)17-18-26(36-27)20-32-30(33)34/h14-16,21,23-29,32H,11-13,17-20H2,1-10H3,(H,33,34)/b15-14+,22-16+/t21?,23-,24?,25?,26+,27+,28?,29+,31+/m0/s1. The summed E-state index contributed by atoms with van der Waals surface area (Å²) in [6.07, 6.45) is 8.55. The Hall–Kier alpha value is -1.19. The molecule has 0 aliphatic carbocycles. The van der Waals surface area contributed by atoms with Crippen LogP contribution in [0.1, 0.15) is 81.6 Å². The van der Waals surface area contributed by atoms with Gasteiger partial charge in [-0.2, -0.15) is 0 Å². The number of methoxy groups -OCH3 is 1. The van der Waals surface area contributed by atoms with E-state index in [0.29, 0.717) is 18.4 Å². The van der Waals surface area contributed by atoms with Gasteiger partial charge in [-0.25, -0.2) is 4.79 Å². The van der Waals surface area contributed by atoms with Crippen LogP contribution in [0.4, 0.5) is 4.79 Å². The molecule has 0 saturated carbocycles. The van der Waals surface area contributed by atoms with Gasteiger partial charge in [-0.1, -0.05) is 59.8 Å². The van der Waals surface area contributed by atoms with Gasteiger partial charge in [0.2, 0.25) is 0 Å². The lowest BCUT2D eigenvalue weighted by molar-refractivity contribution is -0.0571.